The molecule has 0 atom stereocenters. The largest absolute Gasteiger partial charge is 0.494 e. The summed E-state index contributed by atoms with van der Waals surface area (Å²) in [5.74, 6) is 0.682. The molecule has 3 heterocycles. The Balaban J connectivity index is 1.15. The van der Waals surface area contributed by atoms with Crippen LogP contribution in [0.2, 0.25) is 0 Å². The number of amides is 2. The molecule has 0 saturated carbocycles. The lowest BCUT2D eigenvalue weighted by Crippen LogP contribution is -2.52. The average Bonchev–Trinajstić information content (AvgIpc) is 2.81. The van der Waals surface area contributed by atoms with Crippen LogP contribution >= 0.6 is 0 Å². The molecule has 0 spiro atoms. The summed E-state index contributed by atoms with van der Waals surface area (Å²) in [6.45, 7) is 4.10. The van der Waals surface area contributed by atoms with Crippen LogP contribution in [0.5, 0.6) is 5.75 Å². The smallest absolute Gasteiger partial charge is 0.315 e. The highest BCUT2D eigenvalue weighted by atomic mass is 19.1. The Morgan fingerprint density at radius 3 is 2.28 bits per heavy atom. The first-order chi connectivity index (χ1) is 15.6. The molecule has 2 amide bonds. The molecule has 0 bridgehead atoms. The zero-order chi connectivity index (χ0) is 22.3. The zero-order valence-corrected chi connectivity index (χ0v) is 18.5. The predicted molar refractivity (Wildman–Crippen MR) is 120 cm³/mol. The van der Waals surface area contributed by atoms with Crippen molar-refractivity contribution in [3.63, 3.8) is 0 Å². The van der Waals surface area contributed by atoms with E-state index in [2.05, 4.69) is 30.4 Å². The average molecular weight is 443 g/mol. The summed E-state index contributed by atoms with van der Waals surface area (Å²) < 4.78 is 18.9. The third kappa shape index (κ3) is 5.85. The number of urea groups is 1. The number of aromatic nitrogens is 2. The van der Waals surface area contributed by atoms with Crippen LogP contribution in [-0.4, -0.2) is 66.3 Å². The van der Waals surface area contributed by atoms with E-state index in [4.69, 9.17) is 4.74 Å². The van der Waals surface area contributed by atoms with Gasteiger partial charge in [0.05, 0.1) is 7.11 Å². The Hall–Kier alpha value is -2.94. The summed E-state index contributed by atoms with van der Waals surface area (Å²) in [6.07, 6.45) is 7.03. The highest BCUT2D eigenvalue weighted by molar-refractivity contribution is 5.74. The molecule has 0 unspecified atom stereocenters. The van der Waals surface area contributed by atoms with Crippen molar-refractivity contribution in [1.29, 1.82) is 0 Å². The zero-order valence-electron chi connectivity index (χ0n) is 18.5. The lowest BCUT2D eigenvalue weighted by Gasteiger charge is -2.34. The number of ether oxygens (including phenoxy) is 1. The maximum absolute atomic E-state index is 13.9. The van der Waals surface area contributed by atoms with Gasteiger partial charge in [-0.2, -0.15) is 0 Å². The predicted octanol–water partition coefficient (Wildman–Crippen LogP) is 2.56. The third-order valence-corrected chi connectivity index (χ3v) is 6.21. The highest BCUT2D eigenvalue weighted by Crippen LogP contribution is 2.20. The molecular weight excluding hydrogens is 411 g/mol. The summed E-state index contributed by atoms with van der Waals surface area (Å²) in [5.41, 5.74) is 0.930. The molecule has 1 aromatic carbocycles. The van der Waals surface area contributed by atoms with Crippen LogP contribution in [0.1, 0.15) is 31.2 Å². The number of hydrogen-bond acceptors (Lipinski definition) is 6. The van der Waals surface area contributed by atoms with E-state index in [0.29, 0.717) is 6.54 Å². The summed E-state index contributed by atoms with van der Waals surface area (Å²) in [6, 6.07) is 7.15. The Kier molecular flexibility index (Phi) is 7.36. The monoisotopic (exact) mass is 442 g/mol. The van der Waals surface area contributed by atoms with Gasteiger partial charge in [-0.1, -0.05) is 6.07 Å². The number of carbonyl (C=O) groups excluding carboxylic acids is 1. The molecule has 2 fully saturated rings. The second kappa shape index (κ2) is 10.6. The molecule has 32 heavy (non-hydrogen) atoms. The quantitative estimate of drug-likeness (QED) is 0.716. The van der Waals surface area contributed by atoms with Crippen molar-refractivity contribution in [3.8, 4) is 5.75 Å². The van der Waals surface area contributed by atoms with Gasteiger partial charge in [0, 0.05) is 57.2 Å². The molecule has 0 radical (unpaired) electrons. The van der Waals surface area contributed by atoms with Gasteiger partial charge in [0.2, 0.25) is 5.95 Å². The van der Waals surface area contributed by atoms with E-state index in [1.165, 1.54) is 13.2 Å². The number of methoxy groups -OCH3 is 1. The molecule has 2 aliphatic rings. The lowest BCUT2D eigenvalue weighted by molar-refractivity contribution is 0.185. The first-order valence-electron chi connectivity index (χ1n) is 11.2. The lowest BCUT2D eigenvalue weighted by atomic mass is 10.0. The minimum Gasteiger partial charge on any atom is -0.494 e. The van der Waals surface area contributed by atoms with Crippen molar-refractivity contribution in [3.05, 3.63) is 48.0 Å². The van der Waals surface area contributed by atoms with E-state index in [9.17, 15) is 9.18 Å². The minimum absolute atomic E-state index is 0.0879. The number of halogens is 1. The molecule has 4 rings (SSSR count). The highest BCUT2D eigenvalue weighted by Gasteiger charge is 2.25. The van der Waals surface area contributed by atoms with Gasteiger partial charge >= 0.3 is 6.03 Å². The summed E-state index contributed by atoms with van der Waals surface area (Å²) >= 11 is 0. The summed E-state index contributed by atoms with van der Waals surface area (Å²) in [4.78, 5) is 25.5. The Labute approximate surface area is 188 Å². The van der Waals surface area contributed by atoms with Crippen LogP contribution in [0.4, 0.5) is 15.1 Å². The van der Waals surface area contributed by atoms with E-state index >= 15 is 0 Å². The fourth-order valence-corrected chi connectivity index (χ4v) is 4.39. The second-order valence-electron chi connectivity index (χ2n) is 8.45. The van der Waals surface area contributed by atoms with Gasteiger partial charge in [-0.3, -0.25) is 4.90 Å². The third-order valence-electron chi connectivity index (χ3n) is 6.21. The Morgan fingerprint density at radius 1 is 1.06 bits per heavy atom. The Morgan fingerprint density at radius 2 is 1.69 bits per heavy atom. The fourth-order valence-electron chi connectivity index (χ4n) is 4.39. The van der Waals surface area contributed by atoms with E-state index in [0.717, 1.165) is 63.4 Å². The molecule has 8 nitrogen and oxygen atoms in total. The van der Waals surface area contributed by atoms with Gasteiger partial charge in [0.15, 0.2) is 11.6 Å². The summed E-state index contributed by atoms with van der Waals surface area (Å²) in [7, 11) is 1.47. The normalized spacial score (nSPS) is 18.4. The van der Waals surface area contributed by atoms with Crippen molar-refractivity contribution in [2.45, 2.75) is 44.3 Å². The maximum Gasteiger partial charge on any atom is 0.315 e. The second-order valence-corrected chi connectivity index (χ2v) is 8.45. The SMILES string of the molecule is COc1ccc(CN2CCC(NC(=O)NC3CCN(c4ncccn4)CC3)CC2)cc1F. The number of carbonyl (C=O) groups is 1. The molecule has 172 valence electrons. The number of likely N-dealkylation sites (tertiary alicyclic amines) is 1. The molecule has 1 aromatic heterocycles. The number of nitrogens with zero attached hydrogens (tertiary/aromatic N) is 4. The first kappa shape index (κ1) is 22.3. The van der Waals surface area contributed by atoms with Crippen molar-refractivity contribution in [2.75, 3.05) is 38.2 Å². The van der Waals surface area contributed by atoms with Crippen LogP contribution in [0.15, 0.2) is 36.7 Å². The molecule has 2 saturated heterocycles. The Bertz CT molecular complexity index is 883. The molecule has 2 N–H and O–H groups in total. The summed E-state index contributed by atoms with van der Waals surface area (Å²) in [5, 5.41) is 6.25. The van der Waals surface area contributed by atoms with Crippen LogP contribution in [0, 0.1) is 5.82 Å². The number of piperidine rings is 2. The van der Waals surface area contributed by atoms with Crippen molar-refractivity contribution in [1.82, 2.24) is 25.5 Å². The fraction of sp³-hybridized carbons (Fsp3) is 0.522. The number of rotatable bonds is 6. The molecule has 9 heteroatoms. The van der Waals surface area contributed by atoms with Gasteiger partial charge in [-0.15, -0.1) is 0 Å². The first-order valence-corrected chi connectivity index (χ1v) is 11.2. The van der Waals surface area contributed by atoms with Gasteiger partial charge < -0.3 is 20.3 Å². The van der Waals surface area contributed by atoms with Crippen molar-refractivity contribution < 1.29 is 13.9 Å². The van der Waals surface area contributed by atoms with Gasteiger partial charge in [-0.05, 0) is 49.4 Å². The van der Waals surface area contributed by atoms with Gasteiger partial charge in [0.1, 0.15) is 0 Å². The standard InChI is InChI=1S/C23H31FN6O2/c1-32-21-4-3-17(15-20(21)24)16-29-11-5-18(6-12-29)27-23(31)28-19-7-13-30(14-8-19)22-25-9-2-10-26-22/h2-4,9-10,15,18-19H,5-8,11-14,16H2,1H3,(H2,27,28,31). The number of hydrogen-bond donors (Lipinski definition) is 2. The van der Waals surface area contributed by atoms with E-state index in [1.54, 1.807) is 18.5 Å². The van der Waals surface area contributed by atoms with Gasteiger partial charge in [-0.25, -0.2) is 19.2 Å². The number of nitrogens with one attached hydrogen (secondary N) is 2. The van der Waals surface area contributed by atoms with E-state index in [-0.39, 0.29) is 29.7 Å². The minimum atomic E-state index is -0.333. The molecule has 0 aliphatic carbocycles. The molecular formula is C23H31FN6O2. The van der Waals surface area contributed by atoms with Crippen molar-refractivity contribution >= 4 is 12.0 Å². The van der Waals surface area contributed by atoms with Crippen LogP contribution in [0.25, 0.3) is 0 Å². The maximum atomic E-state index is 13.9. The number of benzene rings is 1. The van der Waals surface area contributed by atoms with Crippen LogP contribution in [-0.2, 0) is 6.54 Å². The van der Waals surface area contributed by atoms with Crippen molar-refractivity contribution in [2.24, 2.45) is 0 Å². The molecule has 2 aliphatic heterocycles. The van der Waals surface area contributed by atoms with E-state index in [1.807, 2.05) is 12.1 Å². The number of anilines is 1. The van der Waals surface area contributed by atoms with Crippen LogP contribution < -0.4 is 20.3 Å². The molecule has 2 aromatic rings. The van der Waals surface area contributed by atoms with Gasteiger partial charge in [0.25, 0.3) is 0 Å². The topological polar surface area (TPSA) is 82.6 Å². The van der Waals surface area contributed by atoms with Crippen LogP contribution in [0.3, 0.4) is 0 Å². The van der Waals surface area contributed by atoms with E-state index < -0.39 is 0 Å².